The van der Waals surface area contributed by atoms with E-state index in [1.165, 1.54) is 0 Å². The molecule has 0 aliphatic carbocycles. The summed E-state index contributed by atoms with van der Waals surface area (Å²) < 4.78 is 0. The first kappa shape index (κ1) is 11.9. The first-order valence-corrected chi connectivity index (χ1v) is 5.98. The van der Waals surface area contributed by atoms with Gasteiger partial charge in [-0.15, -0.1) is 11.8 Å². The highest BCUT2D eigenvalue weighted by molar-refractivity contribution is 7.99. The van der Waals surface area contributed by atoms with Gasteiger partial charge in [0.25, 0.3) is 5.91 Å². The Balaban J connectivity index is 2.86. The SMILES string of the molecule is CCNC(=O)c1ccc(SCC)c(N)c1. The van der Waals surface area contributed by atoms with E-state index in [0.29, 0.717) is 17.8 Å². The lowest BCUT2D eigenvalue weighted by molar-refractivity contribution is 0.0956. The summed E-state index contributed by atoms with van der Waals surface area (Å²) >= 11 is 1.68. The maximum atomic E-state index is 11.5. The van der Waals surface area contributed by atoms with Crippen LogP contribution in [-0.2, 0) is 0 Å². The molecule has 4 heteroatoms. The third kappa shape index (κ3) is 3.16. The van der Waals surface area contributed by atoms with Crippen LogP contribution in [0, 0.1) is 0 Å². The molecule has 0 bridgehead atoms. The normalized spacial score (nSPS) is 10.0. The zero-order valence-electron chi connectivity index (χ0n) is 9.04. The summed E-state index contributed by atoms with van der Waals surface area (Å²) in [6.45, 7) is 4.59. The fraction of sp³-hybridized carbons (Fsp3) is 0.364. The third-order valence-corrected chi connectivity index (χ3v) is 2.88. The molecule has 0 saturated carbocycles. The highest BCUT2D eigenvalue weighted by Gasteiger charge is 2.06. The van der Waals surface area contributed by atoms with Gasteiger partial charge < -0.3 is 11.1 Å². The third-order valence-electron chi connectivity index (χ3n) is 1.91. The predicted octanol–water partition coefficient (Wildman–Crippen LogP) is 2.13. The average molecular weight is 224 g/mol. The van der Waals surface area contributed by atoms with Crippen LogP contribution in [0.1, 0.15) is 24.2 Å². The van der Waals surface area contributed by atoms with Crippen molar-refractivity contribution in [3.8, 4) is 0 Å². The van der Waals surface area contributed by atoms with Crippen LogP contribution in [-0.4, -0.2) is 18.2 Å². The Hall–Kier alpha value is -1.16. The van der Waals surface area contributed by atoms with E-state index in [1.807, 2.05) is 13.0 Å². The molecule has 0 atom stereocenters. The summed E-state index contributed by atoms with van der Waals surface area (Å²) in [5.74, 6) is 0.905. The van der Waals surface area contributed by atoms with Gasteiger partial charge in [-0.25, -0.2) is 0 Å². The summed E-state index contributed by atoms with van der Waals surface area (Å²) in [5.41, 5.74) is 7.13. The van der Waals surface area contributed by atoms with Crippen molar-refractivity contribution in [3.05, 3.63) is 23.8 Å². The fourth-order valence-electron chi connectivity index (χ4n) is 1.24. The van der Waals surface area contributed by atoms with Crippen LogP contribution in [0.3, 0.4) is 0 Å². The molecule has 0 unspecified atom stereocenters. The average Bonchev–Trinajstić information content (AvgIpc) is 2.21. The molecular formula is C11H16N2OS. The minimum Gasteiger partial charge on any atom is -0.398 e. The number of nitrogens with one attached hydrogen (secondary N) is 1. The van der Waals surface area contributed by atoms with Crippen LogP contribution >= 0.6 is 11.8 Å². The van der Waals surface area contributed by atoms with Crippen molar-refractivity contribution >= 4 is 23.4 Å². The molecule has 0 aromatic heterocycles. The molecule has 0 radical (unpaired) electrons. The minimum atomic E-state index is -0.0720. The molecule has 1 aromatic carbocycles. The maximum Gasteiger partial charge on any atom is 0.251 e. The Morgan fingerprint density at radius 2 is 2.20 bits per heavy atom. The van der Waals surface area contributed by atoms with E-state index in [1.54, 1.807) is 23.9 Å². The van der Waals surface area contributed by atoms with Crippen LogP contribution in [0.5, 0.6) is 0 Å². The second-order valence-electron chi connectivity index (χ2n) is 3.05. The molecule has 0 fully saturated rings. The topological polar surface area (TPSA) is 55.1 Å². The highest BCUT2D eigenvalue weighted by atomic mass is 32.2. The molecule has 3 N–H and O–H groups in total. The van der Waals surface area contributed by atoms with Crippen molar-refractivity contribution in [2.45, 2.75) is 18.7 Å². The minimum absolute atomic E-state index is 0.0720. The Bertz CT molecular complexity index is 352. The summed E-state index contributed by atoms with van der Waals surface area (Å²) in [5, 5.41) is 2.74. The van der Waals surface area contributed by atoms with E-state index < -0.39 is 0 Å². The Morgan fingerprint density at radius 3 is 2.73 bits per heavy atom. The molecule has 0 spiro atoms. The van der Waals surface area contributed by atoms with Crippen molar-refractivity contribution in [3.63, 3.8) is 0 Å². The number of hydrogen-bond acceptors (Lipinski definition) is 3. The summed E-state index contributed by atoms with van der Waals surface area (Å²) in [4.78, 5) is 12.5. The van der Waals surface area contributed by atoms with Crippen molar-refractivity contribution in [1.82, 2.24) is 5.32 Å². The van der Waals surface area contributed by atoms with Crippen LogP contribution in [0.2, 0.25) is 0 Å². The van der Waals surface area contributed by atoms with E-state index in [9.17, 15) is 4.79 Å². The van der Waals surface area contributed by atoms with E-state index >= 15 is 0 Å². The van der Waals surface area contributed by atoms with E-state index in [-0.39, 0.29) is 5.91 Å². The second kappa shape index (κ2) is 5.66. The summed E-state index contributed by atoms with van der Waals surface area (Å²) in [6.07, 6.45) is 0. The number of nitrogen functional groups attached to an aromatic ring is 1. The number of hydrogen-bond donors (Lipinski definition) is 2. The number of anilines is 1. The van der Waals surface area contributed by atoms with Gasteiger partial charge in [0.05, 0.1) is 0 Å². The zero-order valence-corrected chi connectivity index (χ0v) is 9.86. The van der Waals surface area contributed by atoms with Gasteiger partial charge in [0.2, 0.25) is 0 Å². The maximum absolute atomic E-state index is 11.5. The zero-order chi connectivity index (χ0) is 11.3. The molecule has 0 aliphatic heterocycles. The van der Waals surface area contributed by atoms with Crippen LogP contribution in [0.25, 0.3) is 0 Å². The lowest BCUT2D eigenvalue weighted by Gasteiger charge is -2.06. The standard InChI is InChI=1S/C11H16N2OS/c1-3-13-11(14)8-5-6-10(15-4-2)9(12)7-8/h5-7H,3-4,12H2,1-2H3,(H,13,14). The molecule has 0 heterocycles. The number of carbonyl (C=O) groups excluding carboxylic acids is 1. The highest BCUT2D eigenvalue weighted by Crippen LogP contribution is 2.25. The Kier molecular flexibility index (Phi) is 4.49. The van der Waals surface area contributed by atoms with E-state index in [2.05, 4.69) is 12.2 Å². The van der Waals surface area contributed by atoms with Gasteiger partial charge in [0, 0.05) is 22.7 Å². The van der Waals surface area contributed by atoms with Gasteiger partial charge in [0.15, 0.2) is 0 Å². The molecule has 82 valence electrons. The van der Waals surface area contributed by atoms with Crippen molar-refractivity contribution < 1.29 is 4.79 Å². The van der Waals surface area contributed by atoms with E-state index in [0.717, 1.165) is 10.6 Å². The van der Waals surface area contributed by atoms with Gasteiger partial charge in [-0.2, -0.15) is 0 Å². The first-order valence-electron chi connectivity index (χ1n) is 4.99. The molecule has 15 heavy (non-hydrogen) atoms. The van der Waals surface area contributed by atoms with Gasteiger partial charge >= 0.3 is 0 Å². The van der Waals surface area contributed by atoms with Crippen LogP contribution < -0.4 is 11.1 Å². The van der Waals surface area contributed by atoms with Crippen molar-refractivity contribution in [2.24, 2.45) is 0 Å². The number of thioether (sulfide) groups is 1. The van der Waals surface area contributed by atoms with Crippen LogP contribution in [0.4, 0.5) is 5.69 Å². The number of rotatable bonds is 4. The monoisotopic (exact) mass is 224 g/mol. The number of amides is 1. The second-order valence-corrected chi connectivity index (χ2v) is 4.35. The molecule has 1 amide bonds. The Labute approximate surface area is 94.4 Å². The molecule has 0 aliphatic rings. The van der Waals surface area contributed by atoms with Crippen molar-refractivity contribution in [2.75, 3.05) is 18.0 Å². The number of benzene rings is 1. The number of nitrogens with two attached hydrogens (primary N) is 1. The summed E-state index contributed by atoms with van der Waals surface area (Å²) in [6, 6.07) is 5.43. The van der Waals surface area contributed by atoms with Gasteiger partial charge in [0.1, 0.15) is 0 Å². The first-order chi connectivity index (χ1) is 7.19. The largest absolute Gasteiger partial charge is 0.398 e. The van der Waals surface area contributed by atoms with Crippen LogP contribution in [0.15, 0.2) is 23.1 Å². The summed E-state index contributed by atoms with van der Waals surface area (Å²) in [7, 11) is 0. The molecule has 0 saturated heterocycles. The lowest BCUT2D eigenvalue weighted by atomic mass is 10.2. The van der Waals surface area contributed by atoms with Gasteiger partial charge in [-0.05, 0) is 30.9 Å². The molecule has 3 nitrogen and oxygen atoms in total. The predicted molar refractivity (Wildman–Crippen MR) is 65.3 cm³/mol. The molecular weight excluding hydrogens is 208 g/mol. The molecule has 1 rings (SSSR count). The fourth-order valence-corrected chi connectivity index (χ4v) is 1.94. The number of carbonyl (C=O) groups is 1. The lowest BCUT2D eigenvalue weighted by Crippen LogP contribution is -2.22. The smallest absolute Gasteiger partial charge is 0.251 e. The van der Waals surface area contributed by atoms with E-state index in [4.69, 9.17) is 5.73 Å². The van der Waals surface area contributed by atoms with Crippen molar-refractivity contribution in [1.29, 1.82) is 0 Å². The van der Waals surface area contributed by atoms with Gasteiger partial charge in [-0.1, -0.05) is 6.92 Å². The van der Waals surface area contributed by atoms with Gasteiger partial charge in [-0.3, -0.25) is 4.79 Å². The Morgan fingerprint density at radius 1 is 1.47 bits per heavy atom. The quantitative estimate of drug-likeness (QED) is 0.608. The molecule has 1 aromatic rings.